The number of rotatable bonds is 6. The molecule has 4 heteroatoms. The maximum Gasteiger partial charge on any atom is 0.226 e. The number of hydrogen-bond donors (Lipinski definition) is 2. The molecular weight excluding hydrogens is 340 g/mol. The first kappa shape index (κ1) is 20.1. The van der Waals surface area contributed by atoms with Crippen molar-refractivity contribution in [2.24, 2.45) is 0 Å². The van der Waals surface area contributed by atoms with E-state index in [9.17, 15) is 4.79 Å². The summed E-state index contributed by atoms with van der Waals surface area (Å²) in [7, 11) is 0. The van der Waals surface area contributed by atoms with Crippen LogP contribution in [0.1, 0.15) is 62.6 Å². The van der Waals surface area contributed by atoms with Gasteiger partial charge < -0.3 is 10.6 Å². The molecule has 2 rings (SSSR count). The Kier molecular flexibility index (Phi) is 7.34. The first-order valence-corrected chi connectivity index (χ1v) is 9.57. The van der Waals surface area contributed by atoms with E-state index in [1.54, 1.807) is 0 Å². The average molecular weight is 369 g/mol. The van der Waals surface area contributed by atoms with Crippen LogP contribution < -0.4 is 10.6 Å². The van der Waals surface area contributed by atoms with Gasteiger partial charge in [-0.05, 0) is 47.2 Å². The molecule has 0 unspecified atom stereocenters. The first-order chi connectivity index (χ1) is 12.4. The van der Waals surface area contributed by atoms with Crippen molar-refractivity contribution in [3.05, 3.63) is 65.2 Å². The van der Waals surface area contributed by atoms with Crippen LogP contribution in [-0.4, -0.2) is 11.0 Å². The number of anilines is 1. The zero-order valence-corrected chi connectivity index (χ0v) is 16.8. The quantitative estimate of drug-likeness (QED) is 0.673. The molecule has 138 valence electrons. The van der Waals surface area contributed by atoms with Gasteiger partial charge in [0, 0.05) is 12.1 Å². The molecule has 0 bridgehead atoms. The van der Waals surface area contributed by atoms with Gasteiger partial charge in [0.25, 0.3) is 0 Å². The van der Waals surface area contributed by atoms with Gasteiger partial charge in [-0.1, -0.05) is 76.2 Å². The molecule has 2 aromatic rings. The molecule has 0 radical (unpaired) electrons. The van der Waals surface area contributed by atoms with E-state index in [0.29, 0.717) is 29.8 Å². The summed E-state index contributed by atoms with van der Waals surface area (Å²) in [5.74, 6) is 0.667. The Morgan fingerprint density at radius 2 is 1.50 bits per heavy atom. The van der Waals surface area contributed by atoms with Crippen LogP contribution in [-0.2, 0) is 11.2 Å². The predicted molar refractivity (Wildman–Crippen MR) is 114 cm³/mol. The van der Waals surface area contributed by atoms with Crippen molar-refractivity contribution >= 4 is 28.9 Å². The third kappa shape index (κ3) is 5.67. The SMILES string of the molecule is CC(C)c1cccc(C(C)C)c1NC(=S)NC(=O)CCc1ccccc1. The molecule has 0 heterocycles. The Bertz CT molecular complexity index is 728. The average Bonchev–Trinajstić information content (AvgIpc) is 2.60. The van der Waals surface area contributed by atoms with Gasteiger partial charge in [-0.2, -0.15) is 0 Å². The van der Waals surface area contributed by atoms with Crippen molar-refractivity contribution in [3.63, 3.8) is 0 Å². The van der Waals surface area contributed by atoms with Crippen LogP contribution in [0.25, 0.3) is 0 Å². The van der Waals surface area contributed by atoms with Gasteiger partial charge in [0.05, 0.1) is 0 Å². The number of aryl methyl sites for hydroxylation is 1. The summed E-state index contributed by atoms with van der Waals surface area (Å²) in [6.07, 6.45) is 1.11. The number of thiocarbonyl (C=S) groups is 1. The van der Waals surface area contributed by atoms with Crippen molar-refractivity contribution in [3.8, 4) is 0 Å². The van der Waals surface area contributed by atoms with Crippen LogP contribution in [0.3, 0.4) is 0 Å². The fourth-order valence-electron chi connectivity index (χ4n) is 2.93. The Morgan fingerprint density at radius 1 is 0.923 bits per heavy atom. The lowest BCUT2D eigenvalue weighted by molar-refractivity contribution is -0.119. The van der Waals surface area contributed by atoms with Crippen LogP contribution in [0.5, 0.6) is 0 Å². The molecule has 0 aromatic heterocycles. The van der Waals surface area contributed by atoms with Crippen molar-refractivity contribution in [1.82, 2.24) is 5.32 Å². The first-order valence-electron chi connectivity index (χ1n) is 9.16. The van der Waals surface area contributed by atoms with Gasteiger partial charge in [-0.3, -0.25) is 4.79 Å². The molecule has 26 heavy (non-hydrogen) atoms. The lowest BCUT2D eigenvalue weighted by Gasteiger charge is -2.21. The van der Waals surface area contributed by atoms with Crippen LogP contribution in [0.15, 0.2) is 48.5 Å². The van der Waals surface area contributed by atoms with Gasteiger partial charge in [0.15, 0.2) is 5.11 Å². The molecule has 0 aliphatic carbocycles. The number of para-hydroxylation sites is 1. The van der Waals surface area contributed by atoms with E-state index in [-0.39, 0.29) is 5.91 Å². The highest BCUT2D eigenvalue weighted by atomic mass is 32.1. The number of carbonyl (C=O) groups excluding carboxylic acids is 1. The number of carbonyl (C=O) groups is 1. The highest BCUT2D eigenvalue weighted by Gasteiger charge is 2.15. The van der Waals surface area contributed by atoms with E-state index in [4.69, 9.17) is 12.2 Å². The third-order valence-corrected chi connectivity index (χ3v) is 4.55. The van der Waals surface area contributed by atoms with Gasteiger partial charge >= 0.3 is 0 Å². The minimum Gasteiger partial charge on any atom is -0.332 e. The minimum atomic E-state index is -0.0699. The summed E-state index contributed by atoms with van der Waals surface area (Å²) in [5.41, 5.74) is 4.58. The summed E-state index contributed by atoms with van der Waals surface area (Å²) < 4.78 is 0. The lowest BCUT2D eigenvalue weighted by atomic mass is 9.93. The minimum absolute atomic E-state index is 0.0699. The molecule has 0 atom stereocenters. The molecule has 3 nitrogen and oxygen atoms in total. The summed E-state index contributed by atoms with van der Waals surface area (Å²) in [4.78, 5) is 12.2. The van der Waals surface area contributed by atoms with Crippen LogP contribution in [0, 0.1) is 0 Å². The second-order valence-electron chi connectivity index (χ2n) is 7.11. The number of amides is 1. The molecule has 2 aromatic carbocycles. The lowest BCUT2D eigenvalue weighted by Crippen LogP contribution is -2.34. The van der Waals surface area contributed by atoms with E-state index in [1.807, 2.05) is 30.3 Å². The molecule has 1 amide bonds. The largest absolute Gasteiger partial charge is 0.332 e. The maximum atomic E-state index is 12.2. The second-order valence-corrected chi connectivity index (χ2v) is 7.52. The number of benzene rings is 2. The topological polar surface area (TPSA) is 41.1 Å². The Morgan fingerprint density at radius 3 is 2.04 bits per heavy atom. The molecule has 2 N–H and O–H groups in total. The van der Waals surface area contributed by atoms with E-state index in [0.717, 1.165) is 11.3 Å². The molecule has 0 aliphatic rings. The van der Waals surface area contributed by atoms with Crippen molar-refractivity contribution in [1.29, 1.82) is 0 Å². The third-order valence-electron chi connectivity index (χ3n) is 4.35. The fraction of sp³-hybridized carbons (Fsp3) is 0.364. The zero-order valence-electron chi connectivity index (χ0n) is 16.0. The number of hydrogen-bond acceptors (Lipinski definition) is 2. The number of nitrogens with one attached hydrogen (secondary N) is 2. The van der Waals surface area contributed by atoms with Gasteiger partial charge in [-0.15, -0.1) is 0 Å². The molecule has 0 spiro atoms. The van der Waals surface area contributed by atoms with E-state index >= 15 is 0 Å². The second kappa shape index (κ2) is 9.48. The molecule has 0 fully saturated rings. The van der Waals surface area contributed by atoms with Crippen molar-refractivity contribution < 1.29 is 4.79 Å². The summed E-state index contributed by atoms with van der Waals surface area (Å²) in [5, 5.41) is 6.44. The maximum absolute atomic E-state index is 12.2. The Balaban J connectivity index is 2.02. The van der Waals surface area contributed by atoms with Crippen LogP contribution in [0.2, 0.25) is 0 Å². The summed E-state index contributed by atoms with van der Waals surface area (Å²) in [6, 6.07) is 16.3. The van der Waals surface area contributed by atoms with Crippen LogP contribution in [0.4, 0.5) is 5.69 Å². The Labute approximate surface area is 162 Å². The monoisotopic (exact) mass is 368 g/mol. The van der Waals surface area contributed by atoms with Gasteiger partial charge in [-0.25, -0.2) is 0 Å². The van der Waals surface area contributed by atoms with E-state index < -0.39 is 0 Å². The molecule has 0 aliphatic heterocycles. The highest BCUT2D eigenvalue weighted by molar-refractivity contribution is 7.80. The van der Waals surface area contributed by atoms with Crippen LogP contribution >= 0.6 is 12.2 Å². The molecule has 0 saturated heterocycles. The standard InChI is InChI=1S/C22H28N2OS/c1-15(2)18-11-8-12-19(16(3)4)21(18)24-22(26)23-20(25)14-13-17-9-6-5-7-10-17/h5-12,15-16H,13-14H2,1-4H3,(H2,23,24,25,26). The van der Waals surface area contributed by atoms with Crippen molar-refractivity contribution in [2.75, 3.05) is 5.32 Å². The van der Waals surface area contributed by atoms with Gasteiger partial charge in [0.2, 0.25) is 5.91 Å². The van der Waals surface area contributed by atoms with E-state index in [2.05, 4.69) is 56.5 Å². The molecular formula is C22H28N2OS. The zero-order chi connectivity index (χ0) is 19.1. The van der Waals surface area contributed by atoms with Gasteiger partial charge in [0.1, 0.15) is 0 Å². The smallest absolute Gasteiger partial charge is 0.226 e. The molecule has 0 saturated carbocycles. The van der Waals surface area contributed by atoms with Crippen molar-refractivity contribution in [2.45, 2.75) is 52.4 Å². The summed E-state index contributed by atoms with van der Waals surface area (Å²) in [6.45, 7) is 8.64. The summed E-state index contributed by atoms with van der Waals surface area (Å²) >= 11 is 5.39. The predicted octanol–water partition coefficient (Wildman–Crippen LogP) is 5.38. The Hall–Kier alpha value is -2.20. The fourth-order valence-corrected chi connectivity index (χ4v) is 3.15. The normalized spacial score (nSPS) is 10.8. The van der Waals surface area contributed by atoms with E-state index in [1.165, 1.54) is 11.1 Å². The highest BCUT2D eigenvalue weighted by Crippen LogP contribution is 2.32.